The largest absolute Gasteiger partial charge is 0.507 e. The number of nitrogens with two attached hydrogens (primary N) is 1. The minimum atomic E-state index is 0.278. The van der Waals surface area contributed by atoms with Crippen molar-refractivity contribution in [2.75, 3.05) is 12.0 Å². The van der Waals surface area contributed by atoms with Gasteiger partial charge in [0.2, 0.25) is 0 Å². The molecule has 0 amide bonds. The number of hydrogen-bond acceptors (Lipinski definition) is 4. The molecule has 13 heavy (non-hydrogen) atoms. The van der Waals surface area contributed by atoms with Crippen molar-refractivity contribution >= 4 is 38.9 Å². The van der Waals surface area contributed by atoms with Gasteiger partial charge in [-0.25, -0.2) is 0 Å². The number of anilines is 1. The first-order chi connectivity index (χ1) is 6.24. The molecule has 0 aliphatic heterocycles. The van der Waals surface area contributed by atoms with Gasteiger partial charge in [0.15, 0.2) is 0 Å². The Labute approximate surface area is 84.4 Å². The molecule has 0 bridgehead atoms. The second-order valence-electron chi connectivity index (χ2n) is 2.68. The van der Waals surface area contributed by atoms with Crippen LogP contribution in [0.4, 0.5) is 5.69 Å². The number of thioether (sulfide) groups is 1. The summed E-state index contributed by atoms with van der Waals surface area (Å²) in [5.74, 6) is 0.278. The van der Waals surface area contributed by atoms with E-state index in [-0.39, 0.29) is 5.75 Å². The van der Waals surface area contributed by atoms with Crippen molar-refractivity contribution in [2.24, 2.45) is 0 Å². The molecule has 4 heteroatoms. The summed E-state index contributed by atoms with van der Waals surface area (Å²) in [5, 5.41) is 12.6. The molecule has 0 saturated carbocycles. The summed E-state index contributed by atoms with van der Waals surface area (Å²) in [6.45, 7) is 0. The number of hydrogen-bond donors (Lipinski definition) is 2. The molecule has 0 aliphatic rings. The molecule has 1 aromatic heterocycles. The Morgan fingerprint density at radius 3 is 3.00 bits per heavy atom. The molecule has 3 N–H and O–H groups in total. The predicted octanol–water partition coefficient (Wildman–Crippen LogP) is 2.91. The van der Waals surface area contributed by atoms with Gasteiger partial charge in [0.05, 0.1) is 10.6 Å². The number of phenols is 1. The molecule has 0 saturated heterocycles. The van der Waals surface area contributed by atoms with Gasteiger partial charge in [-0.2, -0.15) is 0 Å². The summed E-state index contributed by atoms with van der Waals surface area (Å²) in [4.78, 5) is 0.769. The van der Waals surface area contributed by atoms with Crippen molar-refractivity contribution in [1.82, 2.24) is 0 Å². The zero-order chi connectivity index (χ0) is 9.42. The highest BCUT2D eigenvalue weighted by molar-refractivity contribution is 7.98. The lowest BCUT2D eigenvalue weighted by Crippen LogP contribution is -1.88. The van der Waals surface area contributed by atoms with E-state index in [1.807, 2.05) is 17.7 Å². The van der Waals surface area contributed by atoms with Crippen LogP contribution < -0.4 is 5.73 Å². The summed E-state index contributed by atoms with van der Waals surface area (Å²) in [6, 6.07) is 3.75. The first kappa shape index (κ1) is 8.72. The number of rotatable bonds is 1. The Kier molecular flexibility index (Phi) is 2.09. The highest BCUT2D eigenvalue weighted by Crippen LogP contribution is 2.40. The number of phenolic OH excluding ortho intramolecular Hbond substituents is 1. The van der Waals surface area contributed by atoms with Gasteiger partial charge in [0, 0.05) is 10.1 Å². The van der Waals surface area contributed by atoms with Crippen LogP contribution in [0.15, 0.2) is 22.4 Å². The fourth-order valence-electron chi connectivity index (χ4n) is 1.32. The van der Waals surface area contributed by atoms with Gasteiger partial charge in [0.25, 0.3) is 0 Å². The minimum absolute atomic E-state index is 0.278. The molecule has 2 rings (SSSR count). The number of benzene rings is 1. The summed E-state index contributed by atoms with van der Waals surface area (Å²) < 4.78 is 1.04. The Balaban J connectivity index is 2.85. The third-order valence-corrected chi connectivity index (χ3v) is 3.64. The second-order valence-corrected chi connectivity index (χ2v) is 4.44. The maximum absolute atomic E-state index is 9.61. The molecule has 0 aliphatic carbocycles. The normalized spacial score (nSPS) is 10.8. The Bertz CT molecular complexity index is 450. The molecular formula is C9H9NOS2. The van der Waals surface area contributed by atoms with Gasteiger partial charge in [-0.05, 0) is 23.8 Å². The smallest absolute Gasteiger partial charge is 0.132 e. The predicted molar refractivity (Wildman–Crippen MR) is 59.7 cm³/mol. The molecule has 0 unspecified atom stereocenters. The zero-order valence-corrected chi connectivity index (χ0v) is 8.71. The van der Waals surface area contributed by atoms with E-state index in [2.05, 4.69) is 0 Å². The quantitative estimate of drug-likeness (QED) is 0.563. The second kappa shape index (κ2) is 3.12. The highest BCUT2D eigenvalue weighted by Gasteiger charge is 2.09. The molecule has 2 aromatic rings. The van der Waals surface area contributed by atoms with Crippen molar-refractivity contribution in [3.05, 3.63) is 17.5 Å². The maximum atomic E-state index is 9.61. The fraction of sp³-hybridized carbons (Fsp3) is 0.111. The first-order valence-corrected chi connectivity index (χ1v) is 5.87. The summed E-state index contributed by atoms with van der Waals surface area (Å²) in [7, 11) is 0. The van der Waals surface area contributed by atoms with E-state index in [0.717, 1.165) is 15.0 Å². The Hall–Kier alpha value is -0.870. The summed E-state index contributed by atoms with van der Waals surface area (Å²) in [6.07, 6.45) is 1.91. The van der Waals surface area contributed by atoms with E-state index in [1.54, 1.807) is 17.4 Å². The zero-order valence-electron chi connectivity index (χ0n) is 7.07. The Morgan fingerprint density at radius 1 is 1.54 bits per heavy atom. The maximum Gasteiger partial charge on any atom is 0.132 e. The van der Waals surface area contributed by atoms with Gasteiger partial charge in [-0.3, -0.25) is 0 Å². The summed E-state index contributed by atoms with van der Waals surface area (Å²) in [5.41, 5.74) is 6.58. The van der Waals surface area contributed by atoms with Crippen LogP contribution in [-0.4, -0.2) is 11.4 Å². The lowest BCUT2D eigenvalue weighted by Gasteiger charge is -2.05. The number of aromatic hydroxyl groups is 1. The lowest BCUT2D eigenvalue weighted by molar-refractivity contribution is 0.464. The van der Waals surface area contributed by atoms with Gasteiger partial charge in [-0.1, -0.05) is 0 Å². The number of nitrogen functional groups attached to an aromatic ring is 1. The summed E-state index contributed by atoms with van der Waals surface area (Å²) >= 11 is 3.06. The monoisotopic (exact) mass is 211 g/mol. The van der Waals surface area contributed by atoms with Gasteiger partial charge < -0.3 is 10.8 Å². The standard InChI is InChI=1S/C9H9NOS2/c1-12-9-6(11)4-7-5(8(9)10)2-3-13-7/h2-4,11H,10H2,1H3. The van der Waals surface area contributed by atoms with Gasteiger partial charge in [-0.15, -0.1) is 23.1 Å². The lowest BCUT2D eigenvalue weighted by atomic mass is 10.2. The van der Waals surface area contributed by atoms with Crippen molar-refractivity contribution in [1.29, 1.82) is 0 Å². The van der Waals surface area contributed by atoms with Crippen molar-refractivity contribution in [3.8, 4) is 5.75 Å². The molecule has 0 spiro atoms. The van der Waals surface area contributed by atoms with Crippen molar-refractivity contribution < 1.29 is 5.11 Å². The number of fused-ring (bicyclic) bond motifs is 1. The van der Waals surface area contributed by atoms with Crippen LogP contribution in [0.3, 0.4) is 0 Å². The van der Waals surface area contributed by atoms with Crippen LogP contribution in [0.25, 0.3) is 10.1 Å². The highest BCUT2D eigenvalue weighted by atomic mass is 32.2. The fourth-order valence-corrected chi connectivity index (χ4v) is 2.75. The molecule has 1 aromatic carbocycles. The van der Waals surface area contributed by atoms with Crippen LogP contribution in [0.1, 0.15) is 0 Å². The van der Waals surface area contributed by atoms with Crippen LogP contribution >= 0.6 is 23.1 Å². The topological polar surface area (TPSA) is 46.2 Å². The Morgan fingerprint density at radius 2 is 2.31 bits per heavy atom. The van der Waals surface area contributed by atoms with E-state index in [1.165, 1.54) is 11.8 Å². The molecule has 0 radical (unpaired) electrons. The molecule has 0 fully saturated rings. The van der Waals surface area contributed by atoms with E-state index < -0.39 is 0 Å². The van der Waals surface area contributed by atoms with E-state index in [0.29, 0.717) is 5.69 Å². The molecule has 1 heterocycles. The van der Waals surface area contributed by atoms with E-state index in [4.69, 9.17) is 5.73 Å². The average Bonchev–Trinajstić information content (AvgIpc) is 2.53. The molecule has 0 atom stereocenters. The number of thiophene rings is 1. The van der Waals surface area contributed by atoms with Crippen LogP contribution in [0.5, 0.6) is 5.75 Å². The minimum Gasteiger partial charge on any atom is -0.507 e. The van der Waals surface area contributed by atoms with Gasteiger partial charge in [0.1, 0.15) is 5.75 Å². The third-order valence-electron chi connectivity index (χ3n) is 1.93. The van der Waals surface area contributed by atoms with E-state index in [9.17, 15) is 5.11 Å². The molecular weight excluding hydrogens is 202 g/mol. The van der Waals surface area contributed by atoms with Crippen LogP contribution in [-0.2, 0) is 0 Å². The molecule has 2 nitrogen and oxygen atoms in total. The van der Waals surface area contributed by atoms with Crippen LogP contribution in [0, 0.1) is 0 Å². The molecule has 68 valence electrons. The van der Waals surface area contributed by atoms with Crippen LogP contribution in [0.2, 0.25) is 0 Å². The van der Waals surface area contributed by atoms with Crippen molar-refractivity contribution in [2.45, 2.75) is 4.90 Å². The third kappa shape index (κ3) is 1.26. The van der Waals surface area contributed by atoms with Crippen molar-refractivity contribution in [3.63, 3.8) is 0 Å². The SMILES string of the molecule is CSc1c(O)cc2sccc2c1N. The first-order valence-electron chi connectivity index (χ1n) is 3.76. The average molecular weight is 211 g/mol. The van der Waals surface area contributed by atoms with E-state index >= 15 is 0 Å². The van der Waals surface area contributed by atoms with Gasteiger partial charge >= 0.3 is 0 Å².